The molecule has 0 aliphatic carbocycles. The summed E-state index contributed by atoms with van der Waals surface area (Å²) in [5.74, 6) is 1.57. The van der Waals surface area contributed by atoms with E-state index in [0.717, 1.165) is 5.56 Å². The molecule has 0 radical (unpaired) electrons. The molecule has 28 heavy (non-hydrogen) atoms. The van der Waals surface area contributed by atoms with Crippen LogP contribution < -0.4 is 20.1 Å². The van der Waals surface area contributed by atoms with Gasteiger partial charge in [0.15, 0.2) is 0 Å². The van der Waals surface area contributed by atoms with Crippen LogP contribution in [0.1, 0.15) is 15.9 Å². The van der Waals surface area contributed by atoms with Gasteiger partial charge in [-0.05, 0) is 55.0 Å². The van der Waals surface area contributed by atoms with Crippen LogP contribution in [0.25, 0.3) is 0 Å². The highest BCUT2D eigenvalue weighted by Crippen LogP contribution is 2.31. The number of halogens is 1. The Balaban J connectivity index is 1.81. The third-order valence-electron chi connectivity index (χ3n) is 4.13. The first-order chi connectivity index (χ1) is 13.5. The third-order valence-corrected chi connectivity index (χ3v) is 4.36. The minimum Gasteiger partial charge on any atom is -0.497 e. The summed E-state index contributed by atoms with van der Waals surface area (Å²) in [7, 11) is 3.17. The van der Waals surface area contributed by atoms with Gasteiger partial charge in [-0.15, -0.1) is 0 Å². The van der Waals surface area contributed by atoms with E-state index < -0.39 is 0 Å². The fraction of sp³-hybridized carbons (Fsp3) is 0.143. The summed E-state index contributed by atoms with van der Waals surface area (Å²) in [4.78, 5) is 16.9. The van der Waals surface area contributed by atoms with E-state index in [9.17, 15) is 4.79 Å². The standard InChI is InChI=1S/C21H20ClN3O3/c1-13-10-15(22)4-6-17(13)25-21(26)14-8-9-23-20(11-14)24-18-12-16(27-2)5-7-19(18)28-3/h4-12H,1-3H3,(H,23,24)(H,25,26). The molecule has 2 aromatic carbocycles. The molecule has 144 valence electrons. The van der Waals surface area contributed by atoms with Crippen LogP contribution in [0.5, 0.6) is 11.5 Å². The lowest BCUT2D eigenvalue weighted by Gasteiger charge is -2.13. The molecule has 0 unspecified atom stereocenters. The molecular formula is C21H20ClN3O3. The van der Waals surface area contributed by atoms with Gasteiger partial charge in [-0.2, -0.15) is 0 Å². The molecule has 6 nitrogen and oxygen atoms in total. The highest BCUT2D eigenvalue weighted by molar-refractivity contribution is 6.30. The van der Waals surface area contributed by atoms with Crippen molar-refractivity contribution in [3.63, 3.8) is 0 Å². The first kappa shape index (κ1) is 19.5. The van der Waals surface area contributed by atoms with Crippen molar-refractivity contribution in [2.75, 3.05) is 24.9 Å². The minimum atomic E-state index is -0.242. The number of methoxy groups -OCH3 is 2. The Kier molecular flexibility index (Phi) is 6.01. The summed E-state index contributed by atoms with van der Waals surface area (Å²) >= 11 is 5.97. The Morgan fingerprint density at radius 3 is 2.54 bits per heavy atom. The molecule has 3 aromatic rings. The number of ether oxygens (including phenoxy) is 2. The number of pyridine rings is 1. The minimum absolute atomic E-state index is 0.242. The van der Waals surface area contributed by atoms with Crippen molar-refractivity contribution in [1.82, 2.24) is 4.98 Å². The average Bonchev–Trinajstić information content (AvgIpc) is 2.70. The zero-order chi connectivity index (χ0) is 20.1. The van der Waals surface area contributed by atoms with Gasteiger partial charge in [0.2, 0.25) is 0 Å². The summed E-state index contributed by atoms with van der Waals surface area (Å²) < 4.78 is 10.6. The predicted molar refractivity (Wildman–Crippen MR) is 111 cm³/mol. The molecule has 0 bridgehead atoms. The number of carbonyl (C=O) groups is 1. The van der Waals surface area contributed by atoms with Gasteiger partial charge in [0.25, 0.3) is 5.91 Å². The van der Waals surface area contributed by atoms with Crippen LogP contribution in [0.3, 0.4) is 0 Å². The number of nitrogens with zero attached hydrogens (tertiary/aromatic N) is 1. The lowest BCUT2D eigenvalue weighted by Crippen LogP contribution is -2.13. The molecule has 0 aliphatic heterocycles. The summed E-state index contributed by atoms with van der Waals surface area (Å²) in [5, 5.41) is 6.67. The van der Waals surface area contributed by atoms with Gasteiger partial charge in [-0.1, -0.05) is 11.6 Å². The zero-order valence-electron chi connectivity index (χ0n) is 15.7. The number of nitrogens with one attached hydrogen (secondary N) is 2. The molecule has 1 amide bonds. The Labute approximate surface area is 168 Å². The third kappa shape index (κ3) is 4.53. The lowest BCUT2D eigenvalue weighted by molar-refractivity contribution is 0.102. The van der Waals surface area contributed by atoms with Crippen LogP contribution >= 0.6 is 11.6 Å². The fourth-order valence-corrected chi connectivity index (χ4v) is 2.88. The SMILES string of the molecule is COc1ccc(OC)c(Nc2cc(C(=O)Nc3ccc(Cl)cc3C)ccn2)c1. The number of aromatic nitrogens is 1. The summed E-state index contributed by atoms with van der Waals surface area (Å²) in [6.45, 7) is 1.89. The van der Waals surface area contributed by atoms with E-state index in [1.807, 2.05) is 6.92 Å². The van der Waals surface area contributed by atoms with Crippen LogP contribution in [0.15, 0.2) is 54.7 Å². The molecule has 0 saturated carbocycles. The second-order valence-corrected chi connectivity index (χ2v) is 6.47. The Bertz CT molecular complexity index is 1010. The molecule has 7 heteroatoms. The number of anilines is 3. The second-order valence-electron chi connectivity index (χ2n) is 6.03. The maximum atomic E-state index is 12.6. The number of amides is 1. The van der Waals surface area contributed by atoms with Gasteiger partial charge >= 0.3 is 0 Å². The summed E-state index contributed by atoms with van der Waals surface area (Å²) in [6, 6.07) is 14.0. The topological polar surface area (TPSA) is 72.5 Å². The van der Waals surface area contributed by atoms with Crippen LogP contribution in [0, 0.1) is 6.92 Å². The molecular weight excluding hydrogens is 378 g/mol. The zero-order valence-corrected chi connectivity index (χ0v) is 16.5. The quantitative estimate of drug-likeness (QED) is 0.608. The molecule has 0 spiro atoms. The van der Waals surface area contributed by atoms with E-state index in [1.165, 1.54) is 0 Å². The van der Waals surface area contributed by atoms with Crippen LogP contribution in [0.2, 0.25) is 5.02 Å². The van der Waals surface area contributed by atoms with Gasteiger partial charge in [0.1, 0.15) is 17.3 Å². The van der Waals surface area contributed by atoms with E-state index >= 15 is 0 Å². The van der Waals surface area contributed by atoms with Crippen molar-refractivity contribution in [3.05, 3.63) is 70.9 Å². The normalized spacial score (nSPS) is 10.3. The maximum absolute atomic E-state index is 12.6. The van der Waals surface area contributed by atoms with E-state index in [0.29, 0.717) is 39.3 Å². The monoisotopic (exact) mass is 397 g/mol. The molecule has 0 fully saturated rings. The van der Waals surface area contributed by atoms with Crippen LogP contribution in [-0.4, -0.2) is 25.1 Å². The van der Waals surface area contributed by atoms with E-state index in [1.54, 1.807) is 68.9 Å². The van der Waals surface area contributed by atoms with Crippen molar-refractivity contribution in [1.29, 1.82) is 0 Å². The molecule has 0 atom stereocenters. The fourth-order valence-electron chi connectivity index (χ4n) is 2.65. The predicted octanol–water partition coefficient (Wildman–Crippen LogP) is 5.06. The molecule has 0 saturated heterocycles. The van der Waals surface area contributed by atoms with Gasteiger partial charge in [0.05, 0.1) is 19.9 Å². The van der Waals surface area contributed by atoms with Crippen molar-refractivity contribution in [2.24, 2.45) is 0 Å². The van der Waals surface area contributed by atoms with Crippen LogP contribution in [-0.2, 0) is 0 Å². The highest BCUT2D eigenvalue weighted by atomic mass is 35.5. The number of carbonyl (C=O) groups excluding carboxylic acids is 1. The number of benzene rings is 2. The van der Waals surface area contributed by atoms with Gasteiger partial charge in [0, 0.05) is 28.5 Å². The molecule has 3 rings (SSSR count). The van der Waals surface area contributed by atoms with Gasteiger partial charge < -0.3 is 20.1 Å². The van der Waals surface area contributed by atoms with Gasteiger partial charge in [-0.25, -0.2) is 4.98 Å². The first-order valence-corrected chi connectivity index (χ1v) is 8.90. The summed E-state index contributed by atoms with van der Waals surface area (Å²) in [5.41, 5.74) is 2.73. The number of hydrogen-bond acceptors (Lipinski definition) is 5. The average molecular weight is 398 g/mol. The van der Waals surface area contributed by atoms with E-state index in [-0.39, 0.29) is 5.91 Å². The Morgan fingerprint density at radius 2 is 1.82 bits per heavy atom. The van der Waals surface area contributed by atoms with Crippen molar-refractivity contribution in [3.8, 4) is 11.5 Å². The molecule has 0 aliphatic rings. The van der Waals surface area contributed by atoms with Crippen molar-refractivity contribution < 1.29 is 14.3 Å². The Hall–Kier alpha value is -3.25. The summed E-state index contributed by atoms with van der Waals surface area (Å²) in [6.07, 6.45) is 1.57. The Morgan fingerprint density at radius 1 is 1.00 bits per heavy atom. The number of hydrogen-bond donors (Lipinski definition) is 2. The lowest BCUT2D eigenvalue weighted by atomic mass is 10.2. The molecule has 1 aromatic heterocycles. The molecule has 2 N–H and O–H groups in total. The van der Waals surface area contributed by atoms with E-state index in [4.69, 9.17) is 21.1 Å². The number of rotatable bonds is 6. The number of aryl methyl sites for hydroxylation is 1. The van der Waals surface area contributed by atoms with Gasteiger partial charge in [-0.3, -0.25) is 4.79 Å². The maximum Gasteiger partial charge on any atom is 0.255 e. The smallest absolute Gasteiger partial charge is 0.255 e. The van der Waals surface area contributed by atoms with Crippen molar-refractivity contribution in [2.45, 2.75) is 6.92 Å². The molecule has 1 heterocycles. The first-order valence-electron chi connectivity index (χ1n) is 8.53. The van der Waals surface area contributed by atoms with Crippen molar-refractivity contribution >= 4 is 34.7 Å². The highest BCUT2D eigenvalue weighted by Gasteiger charge is 2.11. The van der Waals surface area contributed by atoms with E-state index in [2.05, 4.69) is 15.6 Å². The largest absolute Gasteiger partial charge is 0.497 e. The van der Waals surface area contributed by atoms with Crippen LogP contribution in [0.4, 0.5) is 17.2 Å². The second kappa shape index (κ2) is 8.63.